The first-order valence-electron chi connectivity index (χ1n) is 8.35. The molecule has 1 fully saturated rings. The summed E-state index contributed by atoms with van der Waals surface area (Å²) in [6.45, 7) is 3.67. The highest BCUT2D eigenvalue weighted by Gasteiger charge is 2.17. The van der Waals surface area contributed by atoms with E-state index in [2.05, 4.69) is 15.1 Å². The third-order valence-corrected chi connectivity index (χ3v) is 4.35. The number of piperazine rings is 1. The van der Waals surface area contributed by atoms with Crippen LogP contribution in [-0.2, 0) is 0 Å². The number of hydrogen-bond acceptors (Lipinski definition) is 6. The van der Waals surface area contributed by atoms with Crippen LogP contribution in [-0.4, -0.2) is 31.3 Å². The van der Waals surface area contributed by atoms with Gasteiger partial charge in [-0.15, -0.1) is 0 Å². The van der Waals surface area contributed by atoms with E-state index >= 15 is 0 Å². The van der Waals surface area contributed by atoms with Crippen LogP contribution in [0.5, 0.6) is 5.75 Å². The molecule has 1 aliphatic rings. The van der Waals surface area contributed by atoms with Crippen molar-refractivity contribution in [1.82, 2.24) is 0 Å². The number of rotatable bonds is 4. The lowest BCUT2D eigenvalue weighted by Crippen LogP contribution is -2.46. The topological polar surface area (TPSA) is 86.3 Å². The SMILES string of the molecule is N#CC(C#N)=CNc1ccc(N2CCN(c3ccc(O)cc3)CC2)cc1. The maximum absolute atomic E-state index is 9.40. The molecular formula is C20H19N5O. The quantitative estimate of drug-likeness (QED) is 0.828. The van der Waals surface area contributed by atoms with Crippen molar-refractivity contribution in [2.24, 2.45) is 0 Å². The van der Waals surface area contributed by atoms with Gasteiger partial charge in [0.15, 0.2) is 0 Å². The molecule has 6 heteroatoms. The summed E-state index contributed by atoms with van der Waals surface area (Å²) < 4.78 is 0. The molecule has 130 valence electrons. The fourth-order valence-corrected chi connectivity index (χ4v) is 2.90. The average molecular weight is 345 g/mol. The fraction of sp³-hybridized carbons (Fsp3) is 0.200. The Morgan fingerprint density at radius 3 is 1.77 bits per heavy atom. The number of nitriles is 2. The third kappa shape index (κ3) is 4.06. The van der Waals surface area contributed by atoms with Gasteiger partial charge in [0.1, 0.15) is 23.5 Å². The Kier molecular flexibility index (Phi) is 5.26. The number of hydrogen-bond donors (Lipinski definition) is 2. The second-order valence-corrected chi connectivity index (χ2v) is 5.96. The molecule has 2 aromatic rings. The molecule has 1 saturated heterocycles. The number of phenols is 1. The standard InChI is InChI=1S/C20H19N5O/c21-13-16(14-22)15-23-17-1-3-18(4-2-17)24-9-11-25(12-10-24)19-5-7-20(26)8-6-19/h1-8,15,23,26H,9-12H2. The maximum Gasteiger partial charge on any atom is 0.145 e. The summed E-state index contributed by atoms with van der Waals surface area (Å²) in [7, 11) is 0. The van der Waals surface area contributed by atoms with Gasteiger partial charge in [-0.25, -0.2) is 0 Å². The van der Waals surface area contributed by atoms with Crippen LogP contribution in [0.4, 0.5) is 17.1 Å². The molecule has 0 bridgehead atoms. The van der Waals surface area contributed by atoms with Crippen molar-refractivity contribution < 1.29 is 5.11 Å². The highest BCUT2D eigenvalue weighted by atomic mass is 16.3. The number of nitrogens with zero attached hydrogens (tertiary/aromatic N) is 4. The number of allylic oxidation sites excluding steroid dienone is 1. The molecule has 0 aliphatic carbocycles. The predicted molar refractivity (Wildman–Crippen MR) is 102 cm³/mol. The van der Waals surface area contributed by atoms with Crippen molar-refractivity contribution in [2.75, 3.05) is 41.3 Å². The molecule has 0 amide bonds. The van der Waals surface area contributed by atoms with Crippen LogP contribution >= 0.6 is 0 Å². The van der Waals surface area contributed by atoms with Crippen molar-refractivity contribution in [3.63, 3.8) is 0 Å². The number of nitrogens with one attached hydrogen (secondary N) is 1. The summed E-state index contributed by atoms with van der Waals surface area (Å²) in [5.74, 6) is 0.285. The van der Waals surface area contributed by atoms with Crippen molar-refractivity contribution in [2.45, 2.75) is 0 Å². The molecule has 0 aromatic heterocycles. The Labute approximate surface area is 152 Å². The molecule has 0 saturated carbocycles. The van der Waals surface area contributed by atoms with E-state index in [9.17, 15) is 5.11 Å². The minimum atomic E-state index is 0.0411. The summed E-state index contributed by atoms with van der Waals surface area (Å²) in [6.07, 6.45) is 1.41. The van der Waals surface area contributed by atoms with Crippen LogP contribution in [0.25, 0.3) is 0 Å². The van der Waals surface area contributed by atoms with E-state index in [0.717, 1.165) is 43.2 Å². The molecule has 2 N–H and O–H groups in total. The minimum Gasteiger partial charge on any atom is -0.508 e. The summed E-state index contributed by atoms with van der Waals surface area (Å²) in [4.78, 5) is 4.63. The molecule has 0 radical (unpaired) electrons. The molecule has 0 atom stereocenters. The smallest absolute Gasteiger partial charge is 0.145 e. The van der Waals surface area contributed by atoms with Crippen LogP contribution in [0.2, 0.25) is 0 Å². The van der Waals surface area contributed by atoms with Gasteiger partial charge in [-0.1, -0.05) is 0 Å². The van der Waals surface area contributed by atoms with Gasteiger partial charge in [0.25, 0.3) is 0 Å². The summed E-state index contributed by atoms with van der Waals surface area (Å²) in [5, 5.41) is 29.8. The number of benzene rings is 2. The zero-order chi connectivity index (χ0) is 18.4. The molecule has 1 aliphatic heterocycles. The number of anilines is 3. The predicted octanol–water partition coefficient (Wildman–Crippen LogP) is 3.06. The average Bonchev–Trinajstić information content (AvgIpc) is 2.70. The first-order valence-corrected chi connectivity index (χ1v) is 8.35. The Bertz CT molecular complexity index is 835. The monoisotopic (exact) mass is 345 g/mol. The second kappa shape index (κ2) is 7.96. The molecule has 0 spiro atoms. The lowest BCUT2D eigenvalue weighted by Gasteiger charge is -2.37. The number of aromatic hydroxyl groups is 1. The Hall–Kier alpha value is -3.64. The van der Waals surface area contributed by atoms with Crippen LogP contribution in [0, 0.1) is 22.7 Å². The van der Waals surface area contributed by atoms with E-state index in [-0.39, 0.29) is 11.3 Å². The van der Waals surface area contributed by atoms with Crippen LogP contribution in [0.1, 0.15) is 0 Å². The third-order valence-electron chi connectivity index (χ3n) is 4.35. The molecule has 2 aromatic carbocycles. The Morgan fingerprint density at radius 1 is 0.846 bits per heavy atom. The molecule has 26 heavy (non-hydrogen) atoms. The minimum absolute atomic E-state index is 0.0411. The van der Waals surface area contributed by atoms with Gasteiger partial charge in [0, 0.05) is 49.4 Å². The van der Waals surface area contributed by atoms with Crippen LogP contribution in [0.15, 0.2) is 60.3 Å². The molecule has 0 unspecified atom stereocenters. The van der Waals surface area contributed by atoms with Gasteiger partial charge in [0.2, 0.25) is 0 Å². The second-order valence-electron chi connectivity index (χ2n) is 5.96. The van der Waals surface area contributed by atoms with Crippen molar-refractivity contribution >= 4 is 17.1 Å². The highest BCUT2D eigenvalue weighted by molar-refractivity contribution is 5.58. The normalized spacial score (nSPS) is 13.5. The molecule has 1 heterocycles. The van der Waals surface area contributed by atoms with Gasteiger partial charge in [-0.2, -0.15) is 10.5 Å². The van der Waals surface area contributed by atoms with E-state index in [1.54, 1.807) is 12.1 Å². The van der Waals surface area contributed by atoms with Gasteiger partial charge >= 0.3 is 0 Å². The van der Waals surface area contributed by atoms with Crippen molar-refractivity contribution in [3.8, 4) is 17.9 Å². The number of phenolic OH excluding ortho intramolecular Hbond substituents is 1. The van der Waals surface area contributed by atoms with E-state index in [4.69, 9.17) is 10.5 Å². The summed E-state index contributed by atoms with van der Waals surface area (Å²) in [5.41, 5.74) is 3.14. The van der Waals surface area contributed by atoms with E-state index < -0.39 is 0 Å². The fourth-order valence-electron chi connectivity index (χ4n) is 2.90. The van der Waals surface area contributed by atoms with Gasteiger partial charge < -0.3 is 20.2 Å². The lowest BCUT2D eigenvalue weighted by atomic mass is 10.2. The lowest BCUT2D eigenvalue weighted by molar-refractivity contribution is 0.475. The van der Waals surface area contributed by atoms with Crippen molar-refractivity contribution in [1.29, 1.82) is 10.5 Å². The van der Waals surface area contributed by atoms with Crippen molar-refractivity contribution in [3.05, 3.63) is 60.3 Å². The van der Waals surface area contributed by atoms with E-state index in [1.807, 2.05) is 48.5 Å². The largest absolute Gasteiger partial charge is 0.508 e. The first kappa shape index (κ1) is 17.2. The summed E-state index contributed by atoms with van der Waals surface area (Å²) in [6, 6.07) is 18.9. The van der Waals surface area contributed by atoms with Gasteiger partial charge in [0.05, 0.1) is 0 Å². The Morgan fingerprint density at radius 2 is 1.31 bits per heavy atom. The zero-order valence-electron chi connectivity index (χ0n) is 14.3. The molecular weight excluding hydrogens is 326 g/mol. The summed E-state index contributed by atoms with van der Waals surface area (Å²) >= 11 is 0. The van der Waals surface area contributed by atoms with Gasteiger partial charge in [-0.3, -0.25) is 0 Å². The van der Waals surface area contributed by atoms with E-state index in [0.29, 0.717) is 0 Å². The maximum atomic E-state index is 9.40. The molecule has 3 rings (SSSR count). The zero-order valence-corrected chi connectivity index (χ0v) is 14.3. The highest BCUT2D eigenvalue weighted by Crippen LogP contribution is 2.23. The van der Waals surface area contributed by atoms with Crippen LogP contribution < -0.4 is 15.1 Å². The first-order chi connectivity index (χ1) is 12.7. The van der Waals surface area contributed by atoms with E-state index in [1.165, 1.54) is 6.20 Å². The molecule has 6 nitrogen and oxygen atoms in total. The van der Waals surface area contributed by atoms with Crippen LogP contribution in [0.3, 0.4) is 0 Å². The Balaban J connectivity index is 1.58. The van der Waals surface area contributed by atoms with Gasteiger partial charge in [-0.05, 0) is 48.5 Å².